The Morgan fingerprint density at radius 2 is 2.27 bits per heavy atom. The van der Waals surface area contributed by atoms with E-state index >= 15 is 0 Å². The molecule has 1 aromatic carbocycles. The molecular weight excluding hydrogens is 208 g/mol. The van der Waals surface area contributed by atoms with Crippen LogP contribution < -0.4 is 11.3 Å². The molecular formula is C11H14N2OS. The summed E-state index contributed by atoms with van der Waals surface area (Å²) in [6.07, 6.45) is 2.05. The third kappa shape index (κ3) is 2.17. The number of hydrazine groups is 1. The summed E-state index contributed by atoms with van der Waals surface area (Å²) in [4.78, 5) is 0. The van der Waals surface area contributed by atoms with Gasteiger partial charge in [0.15, 0.2) is 0 Å². The van der Waals surface area contributed by atoms with Gasteiger partial charge in [-0.15, -0.1) is 0 Å². The second-order valence-electron chi connectivity index (χ2n) is 3.36. The third-order valence-corrected chi connectivity index (χ3v) is 2.99. The molecule has 0 saturated heterocycles. The first-order valence-electron chi connectivity index (χ1n) is 4.78. The maximum Gasteiger partial charge on any atom is 0.134 e. The minimum Gasteiger partial charge on any atom is -0.459 e. The van der Waals surface area contributed by atoms with E-state index in [2.05, 4.69) is 5.43 Å². The van der Waals surface area contributed by atoms with Crippen molar-refractivity contribution >= 4 is 22.7 Å². The van der Waals surface area contributed by atoms with Gasteiger partial charge in [-0.25, -0.2) is 5.43 Å². The van der Waals surface area contributed by atoms with E-state index in [1.54, 1.807) is 11.8 Å². The molecule has 0 saturated carbocycles. The second kappa shape index (κ2) is 4.70. The highest BCUT2D eigenvalue weighted by molar-refractivity contribution is 7.98. The van der Waals surface area contributed by atoms with E-state index in [-0.39, 0.29) is 6.04 Å². The van der Waals surface area contributed by atoms with Gasteiger partial charge in [-0.2, -0.15) is 11.8 Å². The number of nitrogens with one attached hydrogen (secondary N) is 1. The summed E-state index contributed by atoms with van der Waals surface area (Å²) in [6.45, 7) is 0. The summed E-state index contributed by atoms with van der Waals surface area (Å²) in [5, 5.41) is 1.12. The fraction of sp³-hybridized carbons (Fsp3) is 0.273. The molecule has 0 aliphatic rings. The largest absolute Gasteiger partial charge is 0.459 e. The first-order valence-corrected chi connectivity index (χ1v) is 6.18. The van der Waals surface area contributed by atoms with Gasteiger partial charge in [-0.05, 0) is 18.4 Å². The highest BCUT2D eigenvalue weighted by Crippen LogP contribution is 2.24. The quantitative estimate of drug-likeness (QED) is 0.615. The Morgan fingerprint density at radius 1 is 1.47 bits per heavy atom. The average Bonchev–Trinajstić information content (AvgIpc) is 2.69. The van der Waals surface area contributed by atoms with Crippen LogP contribution in [0.1, 0.15) is 11.8 Å². The molecule has 3 nitrogen and oxygen atoms in total. The van der Waals surface area contributed by atoms with Crippen LogP contribution >= 0.6 is 11.8 Å². The SMILES string of the molecule is CSCC(NN)c1cc2ccccc2o1. The van der Waals surface area contributed by atoms with E-state index in [1.807, 2.05) is 36.6 Å². The number of fused-ring (bicyclic) bond motifs is 1. The van der Waals surface area contributed by atoms with Crippen LogP contribution in [0.4, 0.5) is 0 Å². The highest BCUT2D eigenvalue weighted by atomic mass is 32.2. The molecule has 0 radical (unpaired) electrons. The molecule has 80 valence electrons. The van der Waals surface area contributed by atoms with Gasteiger partial charge in [0.05, 0.1) is 6.04 Å². The summed E-state index contributed by atoms with van der Waals surface area (Å²) < 4.78 is 5.72. The number of nitrogens with two attached hydrogens (primary N) is 1. The Balaban J connectivity index is 2.34. The van der Waals surface area contributed by atoms with Crippen molar-refractivity contribution < 1.29 is 4.42 Å². The second-order valence-corrected chi connectivity index (χ2v) is 4.27. The van der Waals surface area contributed by atoms with Crippen molar-refractivity contribution in [2.75, 3.05) is 12.0 Å². The lowest BCUT2D eigenvalue weighted by Gasteiger charge is -2.10. The lowest BCUT2D eigenvalue weighted by molar-refractivity contribution is 0.464. The predicted octanol–water partition coefficient (Wildman–Crippen LogP) is 2.30. The monoisotopic (exact) mass is 222 g/mol. The molecule has 0 fully saturated rings. The van der Waals surface area contributed by atoms with E-state index in [9.17, 15) is 0 Å². The molecule has 2 aromatic rings. The van der Waals surface area contributed by atoms with Crippen LogP contribution in [0.5, 0.6) is 0 Å². The topological polar surface area (TPSA) is 51.2 Å². The number of hydrogen-bond donors (Lipinski definition) is 2. The van der Waals surface area contributed by atoms with Crippen LogP contribution in [0.15, 0.2) is 34.7 Å². The van der Waals surface area contributed by atoms with Crippen LogP contribution in [-0.2, 0) is 0 Å². The van der Waals surface area contributed by atoms with Gasteiger partial charge in [0, 0.05) is 11.1 Å². The van der Waals surface area contributed by atoms with Crippen molar-refractivity contribution in [3.05, 3.63) is 36.1 Å². The van der Waals surface area contributed by atoms with Gasteiger partial charge in [0.25, 0.3) is 0 Å². The molecule has 0 spiro atoms. The normalized spacial score (nSPS) is 13.2. The smallest absolute Gasteiger partial charge is 0.134 e. The standard InChI is InChI=1S/C11H14N2OS/c1-15-7-9(13-12)11-6-8-4-2-3-5-10(8)14-11/h2-6,9,13H,7,12H2,1H3. The van der Waals surface area contributed by atoms with Gasteiger partial charge in [-0.3, -0.25) is 5.84 Å². The molecule has 15 heavy (non-hydrogen) atoms. The van der Waals surface area contributed by atoms with Crippen LogP contribution in [0.3, 0.4) is 0 Å². The van der Waals surface area contributed by atoms with Crippen molar-refractivity contribution in [3.8, 4) is 0 Å². The molecule has 0 bridgehead atoms. The Labute approximate surface area is 93.0 Å². The molecule has 1 unspecified atom stereocenters. The predicted molar refractivity (Wildman–Crippen MR) is 64.7 cm³/mol. The fourth-order valence-electron chi connectivity index (χ4n) is 1.55. The minimum atomic E-state index is 0.0763. The maximum atomic E-state index is 5.72. The van der Waals surface area contributed by atoms with Crippen LogP contribution in [-0.4, -0.2) is 12.0 Å². The molecule has 1 aromatic heterocycles. The molecule has 2 rings (SSSR count). The number of para-hydroxylation sites is 1. The van der Waals surface area contributed by atoms with Crippen molar-refractivity contribution in [2.24, 2.45) is 5.84 Å². The van der Waals surface area contributed by atoms with Crippen molar-refractivity contribution in [1.82, 2.24) is 5.43 Å². The Bertz CT molecular complexity index is 408. The summed E-state index contributed by atoms with van der Waals surface area (Å²) in [7, 11) is 0. The van der Waals surface area contributed by atoms with Gasteiger partial charge >= 0.3 is 0 Å². The molecule has 3 N–H and O–H groups in total. The van der Waals surface area contributed by atoms with Crippen LogP contribution in [0, 0.1) is 0 Å². The zero-order valence-corrected chi connectivity index (χ0v) is 9.38. The Hall–Kier alpha value is -0.970. The zero-order valence-electron chi connectivity index (χ0n) is 8.57. The zero-order chi connectivity index (χ0) is 10.7. The summed E-state index contributed by atoms with van der Waals surface area (Å²) in [5.41, 5.74) is 3.68. The van der Waals surface area contributed by atoms with Gasteiger partial charge in [0.2, 0.25) is 0 Å². The maximum absolute atomic E-state index is 5.72. The van der Waals surface area contributed by atoms with E-state index < -0.39 is 0 Å². The van der Waals surface area contributed by atoms with E-state index in [4.69, 9.17) is 10.3 Å². The number of benzene rings is 1. The average molecular weight is 222 g/mol. The fourth-order valence-corrected chi connectivity index (χ4v) is 2.15. The van der Waals surface area contributed by atoms with Crippen molar-refractivity contribution in [3.63, 3.8) is 0 Å². The lowest BCUT2D eigenvalue weighted by Crippen LogP contribution is -2.29. The third-order valence-electron chi connectivity index (χ3n) is 2.32. The van der Waals surface area contributed by atoms with Crippen molar-refractivity contribution in [1.29, 1.82) is 0 Å². The highest BCUT2D eigenvalue weighted by Gasteiger charge is 2.13. The number of rotatable bonds is 4. The van der Waals surface area contributed by atoms with Crippen LogP contribution in [0.25, 0.3) is 11.0 Å². The summed E-state index contributed by atoms with van der Waals surface area (Å²) in [6, 6.07) is 10.1. The number of thioether (sulfide) groups is 1. The lowest BCUT2D eigenvalue weighted by atomic mass is 10.2. The molecule has 0 amide bonds. The molecule has 1 atom stereocenters. The van der Waals surface area contributed by atoms with Crippen LogP contribution in [0.2, 0.25) is 0 Å². The van der Waals surface area contributed by atoms with E-state index in [0.29, 0.717) is 0 Å². The molecule has 0 aliphatic carbocycles. The molecule has 1 heterocycles. The number of furan rings is 1. The van der Waals surface area contributed by atoms with Gasteiger partial charge in [0.1, 0.15) is 11.3 Å². The molecule has 0 aliphatic heterocycles. The summed E-state index contributed by atoms with van der Waals surface area (Å²) >= 11 is 1.74. The number of hydrogen-bond acceptors (Lipinski definition) is 4. The van der Waals surface area contributed by atoms with Crippen molar-refractivity contribution in [2.45, 2.75) is 6.04 Å². The molecule has 4 heteroatoms. The first-order chi connectivity index (χ1) is 7.35. The van der Waals surface area contributed by atoms with Gasteiger partial charge in [-0.1, -0.05) is 18.2 Å². The van der Waals surface area contributed by atoms with E-state index in [1.165, 1.54) is 0 Å². The van der Waals surface area contributed by atoms with E-state index in [0.717, 1.165) is 22.5 Å². The Kier molecular flexibility index (Phi) is 3.30. The Morgan fingerprint density at radius 3 is 2.93 bits per heavy atom. The van der Waals surface area contributed by atoms with Gasteiger partial charge < -0.3 is 4.42 Å². The first kappa shape index (κ1) is 10.5. The minimum absolute atomic E-state index is 0.0763. The summed E-state index contributed by atoms with van der Waals surface area (Å²) in [5.74, 6) is 7.28.